The van der Waals surface area contributed by atoms with Gasteiger partial charge in [-0.25, -0.2) is 4.98 Å². The molecule has 1 N–H and O–H groups in total. The molecule has 1 atom stereocenters. The molecule has 2 aromatic rings. The van der Waals surface area contributed by atoms with E-state index in [-0.39, 0.29) is 11.9 Å². The molecule has 0 saturated carbocycles. The molecule has 1 aromatic carbocycles. The van der Waals surface area contributed by atoms with Crippen LogP contribution in [0.4, 0.5) is 11.5 Å². The van der Waals surface area contributed by atoms with Crippen LogP contribution in [0.15, 0.2) is 36.5 Å². The Hall–Kier alpha value is -3.22. The van der Waals surface area contributed by atoms with E-state index in [1.165, 1.54) is 11.1 Å². The smallest absolute Gasteiger partial charge is 0.288 e. The van der Waals surface area contributed by atoms with E-state index in [9.17, 15) is 14.4 Å². The maximum atomic E-state index is 11.8. The van der Waals surface area contributed by atoms with Gasteiger partial charge in [-0.05, 0) is 67.7 Å². The van der Waals surface area contributed by atoms with Crippen molar-refractivity contribution in [2.45, 2.75) is 57.9 Å². The summed E-state index contributed by atoms with van der Waals surface area (Å²) in [7, 11) is 0. The summed E-state index contributed by atoms with van der Waals surface area (Å²) in [5, 5.41) is 2.70. The number of nitrogens with zero attached hydrogens (tertiary/aromatic N) is 3. The summed E-state index contributed by atoms with van der Waals surface area (Å²) in [5.41, 5.74) is 4.07. The number of hydrogen-bond acceptors (Lipinski definition) is 5. The number of carbonyl (C=O) groups is 3. The summed E-state index contributed by atoms with van der Waals surface area (Å²) in [5.74, 6) is 0.650. The summed E-state index contributed by atoms with van der Waals surface area (Å²) in [6.45, 7) is 6.02. The molecule has 1 unspecified atom stereocenters. The molecule has 2 fully saturated rings. The number of hydrogen-bond donors (Lipinski definition) is 1. The van der Waals surface area contributed by atoms with Crippen LogP contribution in [0.1, 0.15) is 67.7 Å². The number of benzene rings is 1. The number of nitrogens with one attached hydrogen (secondary N) is 1. The molecule has 0 spiro atoms. The van der Waals surface area contributed by atoms with Gasteiger partial charge < -0.3 is 15.1 Å². The van der Waals surface area contributed by atoms with E-state index in [0.717, 1.165) is 57.3 Å². The van der Waals surface area contributed by atoms with E-state index >= 15 is 0 Å². The number of rotatable bonds is 5. The van der Waals surface area contributed by atoms with Crippen molar-refractivity contribution < 1.29 is 14.4 Å². The maximum absolute atomic E-state index is 11.8. The predicted molar refractivity (Wildman–Crippen MR) is 128 cm³/mol. The maximum Gasteiger partial charge on any atom is 0.288 e. The Kier molecular flexibility index (Phi) is 7.06. The normalized spacial score (nSPS) is 19.3. The topological polar surface area (TPSA) is 82.6 Å². The molecule has 2 aliphatic heterocycles. The summed E-state index contributed by atoms with van der Waals surface area (Å²) in [6.07, 6.45) is 7.25. The Balaban J connectivity index is 1.60. The van der Waals surface area contributed by atoms with Crippen LogP contribution in [0.25, 0.3) is 0 Å². The van der Waals surface area contributed by atoms with Crippen LogP contribution in [-0.2, 0) is 14.4 Å². The van der Waals surface area contributed by atoms with Crippen LogP contribution in [-0.4, -0.2) is 47.6 Å². The molecule has 174 valence electrons. The predicted octanol–water partition coefficient (Wildman–Crippen LogP) is 3.98. The monoisotopic (exact) mass is 448 g/mol. The average Bonchev–Trinajstić information content (AvgIpc) is 2.84. The van der Waals surface area contributed by atoms with Gasteiger partial charge >= 0.3 is 0 Å². The highest BCUT2D eigenvalue weighted by Crippen LogP contribution is 2.39. The molecule has 7 heteroatoms. The number of anilines is 2. The van der Waals surface area contributed by atoms with E-state index in [0.29, 0.717) is 23.7 Å². The zero-order valence-electron chi connectivity index (χ0n) is 19.4. The number of piperidine rings is 2. The molecule has 1 aromatic heterocycles. The lowest BCUT2D eigenvalue weighted by Crippen LogP contribution is -2.36. The molecule has 2 saturated heterocycles. The van der Waals surface area contributed by atoms with Crippen LogP contribution in [0, 0.1) is 6.92 Å². The van der Waals surface area contributed by atoms with Gasteiger partial charge in [0.1, 0.15) is 0 Å². The third-order valence-corrected chi connectivity index (χ3v) is 6.85. The van der Waals surface area contributed by atoms with Crippen molar-refractivity contribution in [1.82, 2.24) is 9.88 Å². The van der Waals surface area contributed by atoms with Gasteiger partial charge in [0, 0.05) is 32.8 Å². The largest absolute Gasteiger partial charge is 0.348 e. The minimum atomic E-state index is -0.670. The Morgan fingerprint density at radius 2 is 1.82 bits per heavy atom. The van der Waals surface area contributed by atoms with Gasteiger partial charge in [0.25, 0.3) is 5.91 Å². The standard InChI is InChI=1S/C26H32N4O3/c1-18-14-23(28-25(33)17-31)26(27-16-18)30-11-4-3-8-24(30)22-7-5-6-21(15-22)20-9-12-29(13-10-20)19(2)32/h5-7,14-17,20,24H,3-4,8-13H2,1-2H3,(H,28,33). The van der Waals surface area contributed by atoms with Gasteiger partial charge in [0.2, 0.25) is 12.2 Å². The zero-order valence-corrected chi connectivity index (χ0v) is 19.4. The van der Waals surface area contributed by atoms with Crippen molar-refractivity contribution in [3.63, 3.8) is 0 Å². The van der Waals surface area contributed by atoms with Crippen LogP contribution < -0.4 is 10.2 Å². The first kappa shape index (κ1) is 23.0. The second-order valence-corrected chi connectivity index (χ2v) is 9.15. The lowest BCUT2D eigenvalue weighted by molar-refractivity contribution is -0.129. The fraction of sp³-hybridized carbons (Fsp3) is 0.462. The van der Waals surface area contributed by atoms with Gasteiger partial charge in [-0.15, -0.1) is 0 Å². The lowest BCUT2D eigenvalue weighted by Gasteiger charge is -2.38. The Labute approximate surface area is 195 Å². The van der Waals surface area contributed by atoms with Crippen molar-refractivity contribution in [2.24, 2.45) is 0 Å². The number of carbonyl (C=O) groups excluding carboxylic acids is 3. The second-order valence-electron chi connectivity index (χ2n) is 9.15. The van der Waals surface area contributed by atoms with Crippen LogP contribution in [0.5, 0.6) is 0 Å². The number of likely N-dealkylation sites (tertiary alicyclic amines) is 1. The number of pyridine rings is 1. The first-order valence-corrected chi connectivity index (χ1v) is 11.8. The molecule has 0 aliphatic carbocycles. The molecule has 4 rings (SSSR count). The van der Waals surface area contributed by atoms with Gasteiger partial charge in [-0.2, -0.15) is 0 Å². The number of aryl methyl sites for hydroxylation is 1. The zero-order chi connectivity index (χ0) is 23.4. The SMILES string of the molecule is CC(=O)N1CCC(c2cccc(C3CCCCN3c3ncc(C)cc3NC(=O)C=O)c2)CC1. The Morgan fingerprint density at radius 3 is 2.55 bits per heavy atom. The highest BCUT2D eigenvalue weighted by atomic mass is 16.2. The van der Waals surface area contributed by atoms with E-state index < -0.39 is 5.91 Å². The number of aromatic nitrogens is 1. The summed E-state index contributed by atoms with van der Waals surface area (Å²) in [4.78, 5) is 43.3. The molecule has 7 nitrogen and oxygen atoms in total. The minimum absolute atomic E-state index is 0.151. The van der Waals surface area contributed by atoms with Crippen molar-refractivity contribution in [3.05, 3.63) is 53.2 Å². The molecule has 0 bridgehead atoms. The highest BCUT2D eigenvalue weighted by molar-refractivity contribution is 6.29. The van der Waals surface area contributed by atoms with Gasteiger partial charge in [0.15, 0.2) is 5.82 Å². The minimum Gasteiger partial charge on any atom is -0.348 e. The van der Waals surface area contributed by atoms with Gasteiger partial charge in [-0.3, -0.25) is 14.4 Å². The molecule has 0 radical (unpaired) electrons. The van der Waals surface area contributed by atoms with Crippen molar-refractivity contribution in [1.29, 1.82) is 0 Å². The molecule has 3 heterocycles. The summed E-state index contributed by atoms with van der Waals surface area (Å²) in [6, 6.07) is 10.8. The van der Waals surface area contributed by atoms with Crippen molar-refractivity contribution in [2.75, 3.05) is 29.9 Å². The van der Waals surface area contributed by atoms with Crippen LogP contribution >= 0.6 is 0 Å². The fourth-order valence-electron chi connectivity index (χ4n) is 5.12. The van der Waals surface area contributed by atoms with E-state index in [1.807, 2.05) is 17.9 Å². The first-order valence-electron chi connectivity index (χ1n) is 11.8. The third kappa shape index (κ3) is 5.24. The van der Waals surface area contributed by atoms with Crippen molar-refractivity contribution in [3.8, 4) is 0 Å². The number of amides is 2. The van der Waals surface area contributed by atoms with Gasteiger partial charge in [-0.1, -0.05) is 24.3 Å². The van der Waals surface area contributed by atoms with E-state index in [4.69, 9.17) is 0 Å². The van der Waals surface area contributed by atoms with E-state index in [2.05, 4.69) is 39.5 Å². The first-order chi connectivity index (χ1) is 16.0. The molecule has 33 heavy (non-hydrogen) atoms. The van der Waals surface area contributed by atoms with Gasteiger partial charge in [0.05, 0.1) is 11.7 Å². The molecular formula is C26H32N4O3. The quantitative estimate of drug-likeness (QED) is 0.553. The average molecular weight is 449 g/mol. The van der Waals surface area contributed by atoms with Crippen molar-refractivity contribution >= 4 is 29.6 Å². The lowest BCUT2D eigenvalue weighted by atomic mass is 9.86. The Morgan fingerprint density at radius 1 is 1.06 bits per heavy atom. The highest BCUT2D eigenvalue weighted by Gasteiger charge is 2.29. The number of aldehydes is 1. The summed E-state index contributed by atoms with van der Waals surface area (Å²) >= 11 is 0. The fourth-order valence-corrected chi connectivity index (χ4v) is 5.12. The third-order valence-electron chi connectivity index (χ3n) is 6.85. The van der Waals surface area contributed by atoms with Crippen LogP contribution in [0.3, 0.4) is 0 Å². The summed E-state index contributed by atoms with van der Waals surface area (Å²) < 4.78 is 0. The molecular weight excluding hydrogens is 416 g/mol. The molecule has 2 aliphatic rings. The van der Waals surface area contributed by atoms with E-state index in [1.54, 1.807) is 13.1 Å². The van der Waals surface area contributed by atoms with Crippen LogP contribution in [0.2, 0.25) is 0 Å². The Bertz CT molecular complexity index is 1030. The molecule has 2 amide bonds. The second kappa shape index (κ2) is 10.1.